The van der Waals surface area contributed by atoms with Crippen molar-refractivity contribution in [3.8, 4) is 0 Å². The van der Waals surface area contributed by atoms with Gasteiger partial charge in [-0.2, -0.15) is 0 Å². The summed E-state index contributed by atoms with van der Waals surface area (Å²) in [6.45, 7) is 4.81. The second kappa shape index (κ2) is 7.10. The Labute approximate surface area is 143 Å². The van der Waals surface area contributed by atoms with Gasteiger partial charge in [-0.3, -0.25) is 15.0 Å². The van der Waals surface area contributed by atoms with Crippen molar-refractivity contribution in [3.63, 3.8) is 0 Å². The predicted octanol–water partition coefficient (Wildman–Crippen LogP) is 3.68. The number of hydrogen-bond acceptors (Lipinski definition) is 4. The maximum absolute atomic E-state index is 10.7. The van der Waals surface area contributed by atoms with E-state index in [2.05, 4.69) is 50.0 Å². The topological polar surface area (TPSA) is 49.6 Å². The van der Waals surface area contributed by atoms with Crippen LogP contribution in [0, 0.1) is 10.1 Å². The minimum atomic E-state index is -0.360. The number of piperazine rings is 1. The van der Waals surface area contributed by atoms with Crippen LogP contribution in [0.15, 0.2) is 53.0 Å². The van der Waals surface area contributed by atoms with Crippen LogP contribution in [0.4, 0.5) is 11.4 Å². The van der Waals surface area contributed by atoms with Crippen molar-refractivity contribution < 1.29 is 4.92 Å². The van der Waals surface area contributed by atoms with Crippen LogP contribution in [0.2, 0.25) is 0 Å². The molecule has 0 unspecified atom stereocenters. The Hall–Kier alpha value is -1.92. The molecule has 0 aliphatic carbocycles. The molecule has 0 bridgehead atoms. The highest BCUT2D eigenvalue weighted by molar-refractivity contribution is 9.10. The number of nitrogens with zero attached hydrogens (tertiary/aromatic N) is 3. The molecule has 0 saturated carbocycles. The standard InChI is InChI=1S/C17H18BrN3O2/c18-15-3-7-16(8-4-15)20-11-9-19(10-12-20)13-14-1-5-17(6-2-14)21(22)23/h1-8H,9-13H2. The van der Waals surface area contributed by atoms with Crippen LogP contribution >= 0.6 is 15.9 Å². The van der Waals surface area contributed by atoms with Gasteiger partial charge in [0.25, 0.3) is 5.69 Å². The number of anilines is 1. The van der Waals surface area contributed by atoms with E-state index in [4.69, 9.17) is 0 Å². The molecule has 0 spiro atoms. The summed E-state index contributed by atoms with van der Waals surface area (Å²) < 4.78 is 1.10. The number of halogens is 1. The highest BCUT2D eigenvalue weighted by Gasteiger charge is 2.17. The van der Waals surface area contributed by atoms with Crippen LogP contribution in [0.25, 0.3) is 0 Å². The largest absolute Gasteiger partial charge is 0.369 e. The first-order valence-electron chi connectivity index (χ1n) is 7.58. The van der Waals surface area contributed by atoms with Gasteiger partial charge in [0.1, 0.15) is 0 Å². The first kappa shape index (κ1) is 16.0. The zero-order valence-corrected chi connectivity index (χ0v) is 14.3. The quantitative estimate of drug-likeness (QED) is 0.604. The van der Waals surface area contributed by atoms with E-state index in [0.29, 0.717) is 0 Å². The van der Waals surface area contributed by atoms with Gasteiger partial charge in [-0.1, -0.05) is 28.1 Å². The molecule has 2 aromatic rings. The normalized spacial score (nSPS) is 15.6. The van der Waals surface area contributed by atoms with Crippen LogP contribution in [0.5, 0.6) is 0 Å². The Morgan fingerprint density at radius 1 is 0.957 bits per heavy atom. The molecule has 1 aliphatic rings. The van der Waals surface area contributed by atoms with Gasteiger partial charge in [-0.25, -0.2) is 0 Å². The zero-order chi connectivity index (χ0) is 16.2. The van der Waals surface area contributed by atoms with Gasteiger partial charge in [0.2, 0.25) is 0 Å². The first-order valence-corrected chi connectivity index (χ1v) is 8.37. The van der Waals surface area contributed by atoms with Crippen molar-refractivity contribution in [2.24, 2.45) is 0 Å². The molecule has 23 heavy (non-hydrogen) atoms. The summed E-state index contributed by atoms with van der Waals surface area (Å²) in [7, 11) is 0. The highest BCUT2D eigenvalue weighted by Crippen LogP contribution is 2.20. The van der Waals surface area contributed by atoms with E-state index in [1.165, 1.54) is 5.69 Å². The first-order chi connectivity index (χ1) is 11.1. The smallest absolute Gasteiger partial charge is 0.269 e. The summed E-state index contributed by atoms with van der Waals surface area (Å²) in [6, 6.07) is 15.3. The monoisotopic (exact) mass is 375 g/mol. The van der Waals surface area contributed by atoms with Gasteiger partial charge >= 0.3 is 0 Å². The van der Waals surface area contributed by atoms with Crippen molar-refractivity contribution in [2.75, 3.05) is 31.1 Å². The number of hydrogen-bond donors (Lipinski definition) is 0. The van der Waals surface area contributed by atoms with Crippen molar-refractivity contribution in [1.29, 1.82) is 0 Å². The van der Waals surface area contributed by atoms with Gasteiger partial charge in [-0.15, -0.1) is 0 Å². The average molecular weight is 376 g/mol. The Bertz CT molecular complexity index is 665. The molecule has 0 radical (unpaired) electrons. The summed E-state index contributed by atoms with van der Waals surface area (Å²) >= 11 is 3.46. The molecular weight excluding hydrogens is 358 g/mol. The van der Waals surface area contributed by atoms with Crippen molar-refractivity contribution in [3.05, 3.63) is 68.7 Å². The van der Waals surface area contributed by atoms with Crippen molar-refractivity contribution in [2.45, 2.75) is 6.54 Å². The lowest BCUT2D eigenvalue weighted by atomic mass is 10.1. The van der Waals surface area contributed by atoms with Gasteiger partial charge in [0, 0.05) is 55.0 Å². The lowest BCUT2D eigenvalue weighted by Gasteiger charge is -2.36. The number of benzene rings is 2. The minimum absolute atomic E-state index is 0.147. The van der Waals surface area contributed by atoms with Crippen molar-refractivity contribution >= 4 is 27.3 Å². The van der Waals surface area contributed by atoms with Crippen LogP contribution in [0.3, 0.4) is 0 Å². The molecule has 1 aliphatic heterocycles. The van der Waals surface area contributed by atoms with Gasteiger partial charge in [0.05, 0.1) is 4.92 Å². The van der Waals surface area contributed by atoms with Gasteiger partial charge < -0.3 is 4.90 Å². The minimum Gasteiger partial charge on any atom is -0.369 e. The SMILES string of the molecule is O=[N+]([O-])c1ccc(CN2CCN(c3ccc(Br)cc3)CC2)cc1. The fourth-order valence-electron chi connectivity index (χ4n) is 2.80. The number of nitro benzene ring substituents is 1. The fraction of sp³-hybridized carbons (Fsp3) is 0.294. The average Bonchev–Trinajstić information content (AvgIpc) is 2.57. The summed E-state index contributed by atoms with van der Waals surface area (Å²) in [5.74, 6) is 0. The van der Waals surface area contributed by atoms with Crippen LogP contribution in [-0.4, -0.2) is 36.0 Å². The van der Waals surface area contributed by atoms with Crippen molar-refractivity contribution in [1.82, 2.24) is 4.90 Å². The van der Waals surface area contributed by atoms with Crippen LogP contribution in [-0.2, 0) is 6.54 Å². The molecule has 5 nitrogen and oxygen atoms in total. The number of non-ortho nitro benzene ring substituents is 1. The third-order valence-corrected chi connectivity index (χ3v) is 4.65. The summed E-state index contributed by atoms with van der Waals surface area (Å²) in [6.07, 6.45) is 0. The second-order valence-corrected chi connectivity index (χ2v) is 6.58. The van der Waals surface area contributed by atoms with Gasteiger partial charge in [-0.05, 0) is 29.8 Å². The van der Waals surface area contributed by atoms with Gasteiger partial charge in [0.15, 0.2) is 0 Å². The summed E-state index contributed by atoms with van der Waals surface area (Å²) in [5, 5.41) is 10.7. The lowest BCUT2D eigenvalue weighted by Crippen LogP contribution is -2.45. The maximum atomic E-state index is 10.7. The van der Waals surface area contributed by atoms with Crippen LogP contribution in [0.1, 0.15) is 5.56 Å². The number of rotatable bonds is 4. The third-order valence-electron chi connectivity index (χ3n) is 4.12. The van der Waals surface area contributed by atoms with E-state index < -0.39 is 0 Å². The van der Waals surface area contributed by atoms with Crippen LogP contribution < -0.4 is 4.90 Å². The third kappa shape index (κ3) is 4.09. The highest BCUT2D eigenvalue weighted by atomic mass is 79.9. The summed E-state index contributed by atoms with van der Waals surface area (Å²) in [5.41, 5.74) is 2.52. The van der Waals surface area contributed by atoms with E-state index in [-0.39, 0.29) is 10.6 Å². The predicted molar refractivity (Wildman–Crippen MR) is 94.7 cm³/mol. The molecule has 1 saturated heterocycles. The molecule has 0 amide bonds. The van der Waals surface area contributed by atoms with E-state index in [0.717, 1.165) is 42.8 Å². The van der Waals surface area contributed by atoms with E-state index in [1.54, 1.807) is 12.1 Å². The molecule has 6 heteroatoms. The molecule has 1 heterocycles. The second-order valence-electron chi connectivity index (χ2n) is 5.66. The molecule has 0 N–H and O–H groups in total. The van der Waals surface area contributed by atoms with E-state index >= 15 is 0 Å². The van der Waals surface area contributed by atoms with E-state index in [1.807, 2.05) is 12.1 Å². The van der Waals surface area contributed by atoms with E-state index in [9.17, 15) is 10.1 Å². The summed E-state index contributed by atoms with van der Waals surface area (Å²) in [4.78, 5) is 15.1. The molecule has 0 atom stereocenters. The molecule has 1 fully saturated rings. The molecule has 2 aromatic carbocycles. The Balaban J connectivity index is 1.54. The molecule has 3 rings (SSSR count). The number of nitro groups is 1. The maximum Gasteiger partial charge on any atom is 0.269 e. The molecular formula is C17H18BrN3O2. The zero-order valence-electron chi connectivity index (χ0n) is 12.7. The lowest BCUT2D eigenvalue weighted by molar-refractivity contribution is -0.384. The Kier molecular flexibility index (Phi) is 4.93. The molecule has 120 valence electrons. The fourth-order valence-corrected chi connectivity index (χ4v) is 3.06. The Morgan fingerprint density at radius 2 is 1.57 bits per heavy atom. The molecule has 0 aromatic heterocycles. The Morgan fingerprint density at radius 3 is 2.13 bits per heavy atom.